The second-order valence-electron chi connectivity index (χ2n) is 6.49. The van der Waals surface area contributed by atoms with Gasteiger partial charge in [0, 0.05) is 23.7 Å². The summed E-state index contributed by atoms with van der Waals surface area (Å²) < 4.78 is 13.6. The van der Waals surface area contributed by atoms with Crippen molar-refractivity contribution in [3.63, 3.8) is 0 Å². The number of hydrogen-bond acceptors (Lipinski definition) is 2. The standard InChI is InChI=1S/C20H20ClFN2O2/c21-16-7-5-14(6-8-16)9-12-23-18(25)20(10-11-20)19(26)24-13-15-3-1-2-4-17(15)22/h1-8H,9-13H2,(H,23,25)(H,24,26). The van der Waals surface area contributed by atoms with Crippen molar-refractivity contribution in [2.24, 2.45) is 5.41 Å². The minimum atomic E-state index is -1.01. The van der Waals surface area contributed by atoms with E-state index in [0.29, 0.717) is 36.4 Å². The van der Waals surface area contributed by atoms with Crippen molar-refractivity contribution in [3.05, 3.63) is 70.5 Å². The van der Waals surface area contributed by atoms with Crippen molar-refractivity contribution >= 4 is 23.4 Å². The zero-order valence-corrected chi connectivity index (χ0v) is 15.0. The molecule has 0 radical (unpaired) electrons. The van der Waals surface area contributed by atoms with Crippen LogP contribution in [0.25, 0.3) is 0 Å². The number of nitrogens with one attached hydrogen (secondary N) is 2. The van der Waals surface area contributed by atoms with Gasteiger partial charge < -0.3 is 10.6 Å². The van der Waals surface area contributed by atoms with E-state index in [1.54, 1.807) is 30.3 Å². The highest BCUT2D eigenvalue weighted by Gasteiger charge is 2.56. The molecule has 0 aliphatic heterocycles. The molecule has 0 heterocycles. The van der Waals surface area contributed by atoms with Crippen LogP contribution in [0.1, 0.15) is 24.0 Å². The molecular formula is C20H20ClFN2O2. The number of carbonyl (C=O) groups excluding carboxylic acids is 2. The molecule has 1 saturated carbocycles. The molecule has 2 aromatic rings. The van der Waals surface area contributed by atoms with Gasteiger partial charge in [0.25, 0.3) is 0 Å². The highest BCUT2D eigenvalue weighted by molar-refractivity contribution is 6.30. The molecule has 0 atom stereocenters. The van der Waals surface area contributed by atoms with Crippen molar-refractivity contribution in [2.45, 2.75) is 25.8 Å². The highest BCUT2D eigenvalue weighted by Crippen LogP contribution is 2.46. The van der Waals surface area contributed by atoms with E-state index >= 15 is 0 Å². The number of rotatable bonds is 7. The molecule has 4 nitrogen and oxygen atoms in total. The molecule has 0 saturated heterocycles. The maximum atomic E-state index is 13.6. The van der Waals surface area contributed by atoms with Crippen LogP contribution in [-0.4, -0.2) is 18.4 Å². The van der Waals surface area contributed by atoms with Gasteiger partial charge in [-0.05, 0) is 43.0 Å². The van der Waals surface area contributed by atoms with Gasteiger partial charge in [0.15, 0.2) is 0 Å². The lowest BCUT2D eigenvalue weighted by Crippen LogP contribution is -2.43. The van der Waals surface area contributed by atoms with Crippen LogP contribution in [0.15, 0.2) is 48.5 Å². The Labute approximate surface area is 156 Å². The van der Waals surface area contributed by atoms with Gasteiger partial charge in [-0.15, -0.1) is 0 Å². The fourth-order valence-electron chi connectivity index (χ4n) is 2.81. The molecule has 0 spiro atoms. The van der Waals surface area contributed by atoms with Gasteiger partial charge in [-0.1, -0.05) is 41.9 Å². The fraction of sp³-hybridized carbons (Fsp3) is 0.300. The van der Waals surface area contributed by atoms with Crippen LogP contribution in [0.3, 0.4) is 0 Å². The first-order chi connectivity index (χ1) is 12.5. The van der Waals surface area contributed by atoms with Crippen LogP contribution in [0.2, 0.25) is 5.02 Å². The third-order valence-corrected chi connectivity index (χ3v) is 4.88. The molecule has 26 heavy (non-hydrogen) atoms. The van der Waals surface area contributed by atoms with Crippen LogP contribution in [-0.2, 0) is 22.6 Å². The van der Waals surface area contributed by atoms with E-state index < -0.39 is 5.41 Å². The van der Waals surface area contributed by atoms with Crippen molar-refractivity contribution < 1.29 is 14.0 Å². The Morgan fingerprint density at radius 3 is 2.31 bits per heavy atom. The monoisotopic (exact) mass is 374 g/mol. The summed E-state index contributed by atoms with van der Waals surface area (Å²) in [5.41, 5.74) is 0.453. The first-order valence-corrected chi connectivity index (χ1v) is 8.93. The van der Waals surface area contributed by atoms with E-state index in [4.69, 9.17) is 11.6 Å². The Morgan fingerprint density at radius 2 is 1.65 bits per heavy atom. The van der Waals surface area contributed by atoms with Crippen LogP contribution >= 0.6 is 11.6 Å². The molecule has 1 aliphatic carbocycles. The van der Waals surface area contributed by atoms with E-state index in [-0.39, 0.29) is 24.2 Å². The highest BCUT2D eigenvalue weighted by atomic mass is 35.5. The number of carbonyl (C=O) groups is 2. The first-order valence-electron chi connectivity index (χ1n) is 8.56. The van der Waals surface area contributed by atoms with Gasteiger partial charge in [0.1, 0.15) is 11.2 Å². The molecule has 6 heteroatoms. The lowest BCUT2D eigenvalue weighted by molar-refractivity contribution is -0.137. The zero-order chi connectivity index (χ0) is 18.6. The van der Waals surface area contributed by atoms with E-state index in [9.17, 15) is 14.0 Å². The maximum absolute atomic E-state index is 13.6. The van der Waals surface area contributed by atoms with Crippen LogP contribution in [0, 0.1) is 11.2 Å². The topological polar surface area (TPSA) is 58.2 Å². The summed E-state index contributed by atoms with van der Waals surface area (Å²) in [6, 6.07) is 13.7. The summed E-state index contributed by atoms with van der Waals surface area (Å²) in [4.78, 5) is 24.8. The lowest BCUT2D eigenvalue weighted by atomic mass is 10.0. The molecule has 1 fully saturated rings. The van der Waals surface area contributed by atoms with E-state index in [1.807, 2.05) is 12.1 Å². The van der Waals surface area contributed by atoms with Gasteiger partial charge in [0.2, 0.25) is 11.8 Å². The van der Waals surface area contributed by atoms with Crippen LogP contribution < -0.4 is 10.6 Å². The molecule has 3 rings (SSSR count). The van der Waals surface area contributed by atoms with E-state index in [2.05, 4.69) is 10.6 Å². The summed E-state index contributed by atoms with van der Waals surface area (Å²) >= 11 is 5.85. The van der Waals surface area contributed by atoms with Gasteiger partial charge in [-0.25, -0.2) is 4.39 Å². The number of halogens is 2. The Balaban J connectivity index is 1.49. The summed E-state index contributed by atoms with van der Waals surface area (Å²) in [5, 5.41) is 6.18. The molecule has 0 aromatic heterocycles. The zero-order valence-electron chi connectivity index (χ0n) is 14.2. The normalized spacial score (nSPS) is 14.5. The fourth-order valence-corrected chi connectivity index (χ4v) is 2.94. The van der Waals surface area contributed by atoms with Crippen molar-refractivity contribution in [1.82, 2.24) is 10.6 Å². The van der Waals surface area contributed by atoms with Crippen LogP contribution in [0.4, 0.5) is 4.39 Å². The smallest absolute Gasteiger partial charge is 0.235 e. The average Bonchev–Trinajstić information content (AvgIpc) is 3.44. The van der Waals surface area contributed by atoms with Gasteiger partial charge in [-0.3, -0.25) is 9.59 Å². The van der Waals surface area contributed by atoms with Gasteiger partial charge in [-0.2, -0.15) is 0 Å². The third kappa shape index (κ3) is 4.22. The van der Waals surface area contributed by atoms with Gasteiger partial charge >= 0.3 is 0 Å². The number of benzene rings is 2. The first kappa shape index (κ1) is 18.4. The number of hydrogen-bond donors (Lipinski definition) is 2. The molecular weight excluding hydrogens is 355 g/mol. The van der Waals surface area contributed by atoms with Crippen molar-refractivity contribution in [1.29, 1.82) is 0 Å². The summed E-state index contributed by atoms with van der Waals surface area (Å²) in [7, 11) is 0. The maximum Gasteiger partial charge on any atom is 0.235 e. The molecule has 1 aliphatic rings. The number of amides is 2. The summed E-state index contributed by atoms with van der Waals surface area (Å²) in [5.74, 6) is -0.979. The van der Waals surface area contributed by atoms with Crippen LogP contribution in [0.5, 0.6) is 0 Å². The predicted molar refractivity (Wildman–Crippen MR) is 98.1 cm³/mol. The Bertz CT molecular complexity index is 804. The molecule has 0 bridgehead atoms. The predicted octanol–water partition coefficient (Wildman–Crippen LogP) is 3.23. The second-order valence-corrected chi connectivity index (χ2v) is 6.92. The minimum Gasteiger partial charge on any atom is -0.355 e. The summed E-state index contributed by atoms with van der Waals surface area (Å²) in [6.45, 7) is 0.522. The lowest BCUT2D eigenvalue weighted by Gasteiger charge is -2.15. The molecule has 2 aromatic carbocycles. The van der Waals surface area contributed by atoms with E-state index in [1.165, 1.54) is 6.07 Å². The largest absolute Gasteiger partial charge is 0.355 e. The molecule has 136 valence electrons. The van der Waals surface area contributed by atoms with Crippen molar-refractivity contribution in [2.75, 3.05) is 6.54 Å². The molecule has 0 unspecified atom stereocenters. The quantitative estimate of drug-likeness (QED) is 0.731. The third-order valence-electron chi connectivity index (χ3n) is 4.63. The van der Waals surface area contributed by atoms with Gasteiger partial charge in [0.05, 0.1) is 0 Å². The molecule has 2 amide bonds. The SMILES string of the molecule is O=C(NCCc1ccc(Cl)cc1)C1(C(=O)NCc2ccccc2F)CC1. The Hall–Kier alpha value is -2.40. The molecule has 2 N–H and O–H groups in total. The Kier molecular flexibility index (Phi) is 5.57. The average molecular weight is 375 g/mol. The Morgan fingerprint density at radius 1 is 1.00 bits per heavy atom. The summed E-state index contributed by atoms with van der Waals surface area (Å²) in [6.07, 6.45) is 1.70. The second kappa shape index (κ2) is 7.87. The van der Waals surface area contributed by atoms with E-state index in [0.717, 1.165) is 5.56 Å². The minimum absolute atomic E-state index is 0.0747. The van der Waals surface area contributed by atoms with Crippen molar-refractivity contribution in [3.8, 4) is 0 Å².